The fraction of sp³-hybridized carbons (Fsp3) is 0.625. The third-order valence-electron chi connectivity index (χ3n) is 3.68. The van der Waals surface area contributed by atoms with Crippen LogP contribution in [0.1, 0.15) is 32.8 Å². The molecule has 0 spiro atoms. The van der Waals surface area contributed by atoms with Crippen molar-refractivity contribution in [1.82, 2.24) is 10.2 Å². The number of rotatable bonds is 4. The minimum Gasteiger partial charge on any atom is -0.489 e. The maximum absolute atomic E-state index is 6.12. The van der Waals surface area contributed by atoms with Crippen molar-refractivity contribution in [3.8, 4) is 5.75 Å². The second-order valence-corrected chi connectivity index (χ2v) is 6.32. The van der Waals surface area contributed by atoms with Gasteiger partial charge in [0.15, 0.2) is 0 Å². The zero-order valence-corrected chi connectivity index (χ0v) is 12.6. The summed E-state index contributed by atoms with van der Waals surface area (Å²) in [6.45, 7) is 9.84. The summed E-state index contributed by atoms with van der Waals surface area (Å²) < 4.78 is 6.12. The molecule has 2 rings (SSSR count). The minimum atomic E-state index is 0.242. The van der Waals surface area contributed by atoms with Crippen LogP contribution < -0.4 is 10.1 Å². The number of likely N-dealkylation sites (tertiary alicyclic amines) is 1. The predicted molar refractivity (Wildman–Crippen MR) is 79.6 cm³/mol. The highest BCUT2D eigenvalue weighted by atomic mass is 16.5. The first-order chi connectivity index (χ1) is 8.99. The quantitative estimate of drug-likeness (QED) is 0.903. The molecule has 3 nitrogen and oxygen atoms in total. The molecule has 1 fully saturated rings. The van der Waals surface area contributed by atoms with Gasteiger partial charge >= 0.3 is 0 Å². The fourth-order valence-electron chi connectivity index (χ4n) is 2.56. The Balaban J connectivity index is 1.93. The van der Waals surface area contributed by atoms with E-state index in [9.17, 15) is 0 Å². The molecule has 0 radical (unpaired) electrons. The van der Waals surface area contributed by atoms with Crippen LogP contribution in [0.15, 0.2) is 24.3 Å². The Morgan fingerprint density at radius 1 is 1.37 bits per heavy atom. The highest BCUT2D eigenvalue weighted by Gasteiger charge is 2.31. The van der Waals surface area contributed by atoms with Crippen molar-refractivity contribution < 1.29 is 4.74 Å². The van der Waals surface area contributed by atoms with Gasteiger partial charge in [0.2, 0.25) is 0 Å². The van der Waals surface area contributed by atoms with Crippen molar-refractivity contribution in [2.75, 3.05) is 20.1 Å². The number of hydrogen-bond donors (Lipinski definition) is 1. The summed E-state index contributed by atoms with van der Waals surface area (Å²) in [5, 5.41) is 3.17. The number of ether oxygens (including phenoxy) is 1. The van der Waals surface area contributed by atoms with Crippen LogP contribution in [0.4, 0.5) is 0 Å². The smallest absolute Gasteiger partial charge is 0.120 e. The van der Waals surface area contributed by atoms with Crippen molar-refractivity contribution >= 4 is 0 Å². The van der Waals surface area contributed by atoms with E-state index in [1.807, 2.05) is 7.05 Å². The van der Waals surface area contributed by atoms with Crippen molar-refractivity contribution in [3.63, 3.8) is 0 Å². The summed E-state index contributed by atoms with van der Waals surface area (Å²) in [5.74, 6) is 0.994. The largest absolute Gasteiger partial charge is 0.489 e. The van der Waals surface area contributed by atoms with Gasteiger partial charge in [-0.15, -0.1) is 0 Å². The SMILES string of the molecule is CNCc1cccc(OC2CCN(C(C)(C)C)C2)c1. The van der Waals surface area contributed by atoms with Gasteiger partial charge < -0.3 is 10.1 Å². The molecule has 1 unspecified atom stereocenters. The molecule has 0 bridgehead atoms. The number of nitrogens with one attached hydrogen (secondary N) is 1. The second-order valence-electron chi connectivity index (χ2n) is 6.32. The van der Waals surface area contributed by atoms with Crippen LogP contribution in [0.3, 0.4) is 0 Å². The normalized spacial score (nSPS) is 20.7. The Morgan fingerprint density at radius 2 is 2.16 bits per heavy atom. The van der Waals surface area contributed by atoms with Gasteiger partial charge in [0.05, 0.1) is 0 Å². The summed E-state index contributed by atoms with van der Waals surface area (Å²) >= 11 is 0. The van der Waals surface area contributed by atoms with E-state index < -0.39 is 0 Å². The van der Waals surface area contributed by atoms with Gasteiger partial charge in [-0.25, -0.2) is 0 Å². The average molecular weight is 262 g/mol. The third kappa shape index (κ3) is 3.95. The van der Waals surface area contributed by atoms with Crippen LogP contribution in [0.25, 0.3) is 0 Å². The molecule has 0 aliphatic carbocycles. The van der Waals surface area contributed by atoms with Crippen LogP contribution >= 0.6 is 0 Å². The summed E-state index contributed by atoms with van der Waals surface area (Å²) in [6, 6.07) is 8.38. The lowest BCUT2D eigenvalue weighted by atomic mass is 10.1. The van der Waals surface area contributed by atoms with Crippen LogP contribution in [0, 0.1) is 0 Å². The summed E-state index contributed by atoms with van der Waals surface area (Å²) in [4.78, 5) is 2.50. The van der Waals surface area contributed by atoms with Crippen molar-refractivity contribution in [2.24, 2.45) is 0 Å². The zero-order chi connectivity index (χ0) is 13.9. The standard InChI is InChI=1S/C16H26N2O/c1-16(2,3)18-9-8-15(12-18)19-14-7-5-6-13(10-14)11-17-4/h5-7,10,15,17H,8-9,11-12H2,1-4H3. The molecule has 0 amide bonds. The first kappa shape index (κ1) is 14.4. The first-order valence-electron chi connectivity index (χ1n) is 7.14. The van der Waals surface area contributed by atoms with E-state index in [4.69, 9.17) is 4.74 Å². The number of hydrogen-bond acceptors (Lipinski definition) is 3. The molecular formula is C16H26N2O. The van der Waals surface area contributed by atoms with Gasteiger partial charge in [0.25, 0.3) is 0 Å². The molecule has 1 aliphatic heterocycles. The van der Waals surface area contributed by atoms with Gasteiger partial charge in [-0.05, 0) is 51.9 Å². The van der Waals surface area contributed by atoms with E-state index in [0.717, 1.165) is 31.8 Å². The van der Waals surface area contributed by atoms with Crippen molar-refractivity contribution in [1.29, 1.82) is 0 Å². The molecule has 1 N–H and O–H groups in total. The van der Waals surface area contributed by atoms with E-state index in [1.165, 1.54) is 5.56 Å². The molecule has 1 aromatic carbocycles. The molecule has 1 aromatic rings. The van der Waals surface area contributed by atoms with Crippen LogP contribution in [0.5, 0.6) is 5.75 Å². The van der Waals surface area contributed by atoms with Crippen LogP contribution in [-0.4, -0.2) is 36.7 Å². The topological polar surface area (TPSA) is 24.5 Å². The van der Waals surface area contributed by atoms with Crippen molar-refractivity contribution in [2.45, 2.75) is 45.4 Å². The molecule has 0 aromatic heterocycles. The van der Waals surface area contributed by atoms with Gasteiger partial charge in [-0.2, -0.15) is 0 Å². The Labute approximate surface area is 116 Å². The summed E-state index contributed by atoms with van der Waals surface area (Å²) in [6.07, 6.45) is 1.44. The molecule has 1 saturated heterocycles. The fourth-order valence-corrected chi connectivity index (χ4v) is 2.56. The van der Waals surface area contributed by atoms with Crippen LogP contribution in [-0.2, 0) is 6.54 Å². The third-order valence-corrected chi connectivity index (χ3v) is 3.68. The summed E-state index contributed by atoms with van der Waals surface area (Å²) in [5.41, 5.74) is 1.51. The predicted octanol–water partition coefficient (Wildman–Crippen LogP) is 2.66. The molecule has 1 atom stereocenters. The minimum absolute atomic E-state index is 0.242. The van der Waals surface area contributed by atoms with Gasteiger partial charge in [-0.1, -0.05) is 12.1 Å². The lowest BCUT2D eigenvalue weighted by Crippen LogP contribution is -2.40. The molecule has 1 heterocycles. The zero-order valence-electron chi connectivity index (χ0n) is 12.6. The molecule has 0 saturated carbocycles. The average Bonchev–Trinajstić information content (AvgIpc) is 2.78. The van der Waals surface area contributed by atoms with E-state index in [1.54, 1.807) is 0 Å². The lowest BCUT2D eigenvalue weighted by Gasteiger charge is -2.31. The number of nitrogens with zero attached hydrogens (tertiary/aromatic N) is 1. The molecule has 3 heteroatoms. The van der Waals surface area contributed by atoms with E-state index in [2.05, 4.69) is 55.3 Å². The van der Waals surface area contributed by atoms with Crippen LogP contribution in [0.2, 0.25) is 0 Å². The Kier molecular flexibility index (Phi) is 4.48. The molecule has 1 aliphatic rings. The summed E-state index contributed by atoms with van der Waals surface area (Å²) in [7, 11) is 1.96. The first-order valence-corrected chi connectivity index (χ1v) is 7.14. The Hall–Kier alpha value is -1.06. The molecule has 106 valence electrons. The van der Waals surface area contributed by atoms with E-state index >= 15 is 0 Å². The Morgan fingerprint density at radius 3 is 2.79 bits per heavy atom. The highest BCUT2D eigenvalue weighted by molar-refractivity contribution is 5.28. The van der Waals surface area contributed by atoms with Crippen molar-refractivity contribution in [3.05, 3.63) is 29.8 Å². The highest BCUT2D eigenvalue weighted by Crippen LogP contribution is 2.24. The lowest BCUT2D eigenvalue weighted by molar-refractivity contribution is 0.141. The van der Waals surface area contributed by atoms with Gasteiger partial charge in [0, 0.05) is 25.2 Å². The van der Waals surface area contributed by atoms with Gasteiger partial charge in [-0.3, -0.25) is 4.90 Å². The maximum Gasteiger partial charge on any atom is 0.120 e. The maximum atomic E-state index is 6.12. The van der Waals surface area contributed by atoms with Gasteiger partial charge in [0.1, 0.15) is 11.9 Å². The van der Waals surface area contributed by atoms with E-state index in [0.29, 0.717) is 6.10 Å². The monoisotopic (exact) mass is 262 g/mol. The second kappa shape index (κ2) is 5.93. The Bertz CT molecular complexity index is 411. The molecular weight excluding hydrogens is 236 g/mol. The molecule has 19 heavy (non-hydrogen) atoms. The van der Waals surface area contributed by atoms with E-state index in [-0.39, 0.29) is 5.54 Å². The number of benzene rings is 1.